The zero-order valence-electron chi connectivity index (χ0n) is 10.1. The van der Waals surface area contributed by atoms with E-state index in [1.165, 1.54) is 14.2 Å². The third-order valence-corrected chi connectivity index (χ3v) is 3.38. The van der Waals surface area contributed by atoms with Crippen molar-refractivity contribution in [2.45, 2.75) is 17.4 Å². The Morgan fingerprint density at radius 2 is 2.28 bits per heavy atom. The topological polar surface area (TPSA) is 65.0 Å². The molecule has 1 aromatic carbocycles. The quantitative estimate of drug-likeness (QED) is 0.669. The number of aliphatic hydroxyl groups is 1. The number of ether oxygens (including phenoxy) is 2. The second-order valence-electron chi connectivity index (χ2n) is 3.78. The van der Waals surface area contributed by atoms with Crippen LogP contribution >= 0.6 is 12.0 Å². The fraction of sp³-hybridized carbons (Fsp3) is 0.417. The van der Waals surface area contributed by atoms with Crippen molar-refractivity contribution >= 4 is 18.0 Å². The number of hydrogen-bond acceptors (Lipinski definition) is 6. The first-order valence-corrected chi connectivity index (χ1v) is 6.19. The maximum atomic E-state index is 11.7. The monoisotopic (exact) mass is 270 g/mol. The van der Waals surface area contributed by atoms with E-state index in [4.69, 9.17) is 13.7 Å². The van der Waals surface area contributed by atoms with Gasteiger partial charge in [0.1, 0.15) is 5.75 Å². The molecule has 0 amide bonds. The van der Waals surface area contributed by atoms with Crippen molar-refractivity contribution in [3.05, 3.63) is 23.3 Å². The number of fused-ring (bicyclic) bond motifs is 1. The maximum absolute atomic E-state index is 11.7. The second kappa shape index (κ2) is 5.60. The first-order chi connectivity index (χ1) is 8.67. The predicted molar refractivity (Wildman–Crippen MR) is 65.7 cm³/mol. The molecular formula is C12H14O5S. The highest BCUT2D eigenvalue weighted by molar-refractivity contribution is 7.94. The molecule has 1 aliphatic rings. The summed E-state index contributed by atoms with van der Waals surface area (Å²) < 4.78 is 15.1. The molecule has 1 aliphatic heterocycles. The van der Waals surface area contributed by atoms with Crippen molar-refractivity contribution in [2.75, 3.05) is 20.8 Å². The van der Waals surface area contributed by atoms with E-state index in [0.717, 1.165) is 12.0 Å². The normalized spacial score (nSPS) is 17.8. The molecule has 0 saturated heterocycles. The summed E-state index contributed by atoms with van der Waals surface area (Å²) in [6, 6.07) is 3.30. The van der Waals surface area contributed by atoms with Crippen LogP contribution in [-0.2, 0) is 8.92 Å². The molecule has 98 valence electrons. The standard InChI is InChI=1S/C12H14O5S/c1-15-12(14)8-5-10-7(6-11(8)18-16-2)9(13)3-4-17-10/h5-6,9,13H,3-4H2,1-2H3. The van der Waals surface area contributed by atoms with Crippen LogP contribution in [0.2, 0.25) is 0 Å². The van der Waals surface area contributed by atoms with Gasteiger partial charge in [-0.1, -0.05) is 0 Å². The van der Waals surface area contributed by atoms with E-state index < -0.39 is 12.1 Å². The zero-order chi connectivity index (χ0) is 13.1. The summed E-state index contributed by atoms with van der Waals surface area (Å²) in [6.45, 7) is 0.436. The molecule has 1 atom stereocenters. The van der Waals surface area contributed by atoms with Crippen LogP contribution in [0.3, 0.4) is 0 Å². The van der Waals surface area contributed by atoms with Crippen LogP contribution < -0.4 is 4.74 Å². The van der Waals surface area contributed by atoms with E-state index in [1.807, 2.05) is 0 Å². The summed E-state index contributed by atoms with van der Waals surface area (Å²) in [5, 5.41) is 9.89. The lowest BCUT2D eigenvalue weighted by atomic mass is 10.0. The second-order valence-corrected chi connectivity index (χ2v) is 4.72. The molecule has 1 aromatic rings. The average Bonchev–Trinajstić information content (AvgIpc) is 2.38. The minimum Gasteiger partial charge on any atom is -0.493 e. The van der Waals surface area contributed by atoms with Gasteiger partial charge in [-0.15, -0.1) is 0 Å². The van der Waals surface area contributed by atoms with Crippen LogP contribution in [0.5, 0.6) is 5.75 Å². The third kappa shape index (κ3) is 2.45. The summed E-state index contributed by atoms with van der Waals surface area (Å²) in [7, 11) is 2.83. The van der Waals surface area contributed by atoms with E-state index in [-0.39, 0.29) is 0 Å². The molecule has 1 unspecified atom stereocenters. The highest BCUT2D eigenvalue weighted by Crippen LogP contribution is 2.37. The van der Waals surface area contributed by atoms with E-state index in [2.05, 4.69) is 0 Å². The van der Waals surface area contributed by atoms with E-state index in [1.54, 1.807) is 12.1 Å². The number of carbonyl (C=O) groups excluding carboxylic acids is 1. The van der Waals surface area contributed by atoms with Crippen molar-refractivity contribution in [3.63, 3.8) is 0 Å². The first-order valence-electron chi connectivity index (χ1n) is 5.45. The first kappa shape index (κ1) is 13.2. The van der Waals surface area contributed by atoms with Gasteiger partial charge in [-0.25, -0.2) is 4.79 Å². The van der Waals surface area contributed by atoms with Crippen molar-refractivity contribution in [1.82, 2.24) is 0 Å². The van der Waals surface area contributed by atoms with Gasteiger partial charge in [0.25, 0.3) is 0 Å². The van der Waals surface area contributed by atoms with Gasteiger partial charge in [-0.05, 0) is 12.1 Å². The fourth-order valence-electron chi connectivity index (χ4n) is 1.83. The van der Waals surface area contributed by atoms with Crippen LogP contribution in [0.25, 0.3) is 0 Å². The van der Waals surface area contributed by atoms with Gasteiger partial charge in [-0.2, -0.15) is 0 Å². The smallest absolute Gasteiger partial charge is 0.339 e. The lowest BCUT2D eigenvalue weighted by Crippen LogP contribution is -2.15. The van der Waals surface area contributed by atoms with Gasteiger partial charge in [0.2, 0.25) is 0 Å². The molecule has 0 saturated carbocycles. The van der Waals surface area contributed by atoms with Crippen LogP contribution in [0.4, 0.5) is 0 Å². The van der Waals surface area contributed by atoms with Gasteiger partial charge < -0.3 is 18.8 Å². The lowest BCUT2D eigenvalue weighted by Gasteiger charge is -2.23. The van der Waals surface area contributed by atoms with Gasteiger partial charge in [-0.3, -0.25) is 0 Å². The molecule has 0 aromatic heterocycles. The maximum Gasteiger partial charge on any atom is 0.339 e. The number of esters is 1. The van der Waals surface area contributed by atoms with Gasteiger partial charge in [0.05, 0.1) is 37.4 Å². The Labute approximate surface area is 109 Å². The predicted octanol–water partition coefficient (Wildman–Crippen LogP) is 1.94. The molecule has 0 radical (unpaired) electrons. The van der Waals surface area contributed by atoms with Crippen molar-refractivity contribution in [2.24, 2.45) is 0 Å². The number of carbonyl (C=O) groups is 1. The molecule has 0 aliphatic carbocycles. The van der Waals surface area contributed by atoms with Gasteiger partial charge in [0.15, 0.2) is 0 Å². The van der Waals surface area contributed by atoms with Crippen LogP contribution in [0.1, 0.15) is 28.4 Å². The average molecular weight is 270 g/mol. The Morgan fingerprint density at radius 3 is 2.94 bits per heavy atom. The Kier molecular flexibility index (Phi) is 4.11. The van der Waals surface area contributed by atoms with Crippen molar-refractivity contribution in [3.8, 4) is 5.75 Å². The molecule has 0 spiro atoms. The minimum atomic E-state index is -0.573. The number of hydrogen-bond donors (Lipinski definition) is 1. The van der Waals surface area contributed by atoms with E-state index in [9.17, 15) is 9.90 Å². The summed E-state index contributed by atoms with van der Waals surface area (Å²) in [4.78, 5) is 12.3. The summed E-state index contributed by atoms with van der Waals surface area (Å²) in [5.74, 6) is 0.0654. The molecule has 6 heteroatoms. The molecule has 18 heavy (non-hydrogen) atoms. The Balaban J connectivity index is 2.49. The SMILES string of the molecule is COSc1cc2c(cc1C(=O)OC)OCCC2O. The lowest BCUT2D eigenvalue weighted by molar-refractivity contribution is 0.0594. The molecule has 1 N–H and O–H groups in total. The Hall–Kier alpha value is -1.24. The summed E-state index contributed by atoms with van der Waals surface area (Å²) >= 11 is 1.05. The molecule has 0 fully saturated rings. The molecular weight excluding hydrogens is 256 g/mol. The van der Waals surface area contributed by atoms with E-state index >= 15 is 0 Å². The highest BCUT2D eigenvalue weighted by Gasteiger charge is 2.24. The fourth-order valence-corrected chi connectivity index (χ4v) is 2.41. The molecule has 0 bridgehead atoms. The van der Waals surface area contributed by atoms with Crippen LogP contribution in [-0.4, -0.2) is 31.9 Å². The molecule has 2 rings (SSSR count). The number of aliphatic hydroxyl groups excluding tert-OH is 1. The molecule has 1 heterocycles. The summed E-state index contributed by atoms with van der Waals surface area (Å²) in [5.41, 5.74) is 1.05. The third-order valence-electron chi connectivity index (χ3n) is 2.70. The molecule has 5 nitrogen and oxygen atoms in total. The number of benzene rings is 1. The van der Waals surface area contributed by atoms with Gasteiger partial charge >= 0.3 is 5.97 Å². The van der Waals surface area contributed by atoms with Crippen molar-refractivity contribution in [1.29, 1.82) is 0 Å². The van der Waals surface area contributed by atoms with Crippen LogP contribution in [0, 0.1) is 0 Å². The van der Waals surface area contributed by atoms with Crippen LogP contribution in [0.15, 0.2) is 17.0 Å². The number of rotatable bonds is 3. The summed E-state index contributed by atoms with van der Waals surface area (Å²) in [6.07, 6.45) is -0.0292. The van der Waals surface area contributed by atoms with E-state index in [0.29, 0.717) is 34.8 Å². The zero-order valence-corrected chi connectivity index (χ0v) is 11.0. The Bertz CT molecular complexity index is 460. The largest absolute Gasteiger partial charge is 0.493 e. The number of methoxy groups -OCH3 is 1. The van der Waals surface area contributed by atoms with Gasteiger partial charge in [0, 0.05) is 24.0 Å². The minimum absolute atomic E-state index is 0.372. The Morgan fingerprint density at radius 1 is 1.50 bits per heavy atom. The van der Waals surface area contributed by atoms with Crippen molar-refractivity contribution < 1.29 is 23.6 Å². The highest BCUT2D eigenvalue weighted by atomic mass is 32.2.